The lowest BCUT2D eigenvalue weighted by Gasteiger charge is -2.21. The van der Waals surface area contributed by atoms with Gasteiger partial charge in [0.05, 0.1) is 6.10 Å². The average Bonchev–Trinajstić information content (AvgIpc) is 2.28. The number of ether oxygens (including phenoxy) is 1. The summed E-state index contributed by atoms with van der Waals surface area (Å²) in [6, 6.07) is 9.29. The first-order chi connectivity index (χ1) is 8.52. The fraction of sp³-hybridized carbons (Fsp3) is 0.625. The average molecular weight is 249 g/mol. The van der Waals surface area contributed by atoms with Crippen molar-refractivity contribution in [3.63, 3.8) is 0 Å². The molecule has 18 heavy (non-hydrogen) atoms. The van der Waals surface area contributed by atoms with Crippen LogP contribution in [0.3, 0.4) is 0 Å². The fourth-order valence-electron chi connectivity index (χ4n) is 2.17. The van der Waals surface area contributed by atoms with Crippen LogP contribution in [0.2, 0.25) is 0 Å². The van der Waals surface area contributed by atoms with Crippen molar-refractivity contribution in [2.45, 2.75) is 65.6 Å². The van der Waals surface area contributed by atoms with Gasteiger partial charge in [-0.25, -0.2) is 0 Å². The van der Waals surface area contributed by atoms with Crippen LogP contribution < -0.4 is 10.1 Å². The van der Waals surface area contributed by atoms with Crippen molar-refractivity contribution in [2.24, 2.45) is 0 Å². The van der Waals surface area contributed by atoms with Crippen molar-refractivity contribution >= 4 is 0 Å². The zero-order valence-electron chi connectivity index (χ0n) is 12.4. The second-order valence-corrected chi connectivity index (χ2v) is 5.32. The molecule has 1 aromatic rings. The molecule has 102 valence electrons. The molecular weight excluding hydrogens is 222 g/mol. The van der Waals surface area contributed by atoms with E-state index in [4.69, 9.17) is 4.74 Å². The van der Waals surface area contributed by atoms with Gasteiger partial charge in [0, 0.05) is 12.1 Å². The Morgan fingerprint density at radius 2 is 1.89 bits per heavy atom. The molecule has 0 fully saturated rings. The molecular formula is C16H27NO. The smallest absolute Gasteiger partial charge is 0.120 e. The molecule has 1 N–H and O–H groups in total. The van der Waals surface area contributed by atoms with Crippen LogP contribution in [0.1, 0.15) is 59.1 Å². The van der Waals surface area contributed by atoms with Gasteiger partial charge >= 0.3 is 0 Å². The van der Waals surface area contributed by atoms with Gasteiger partial charge in [-0.05, 0) is 51.8 Å². The second kappa shape index (κ2) is 7.42. The van der Waals surface area contributed by atoms with Crippen LogP contribution in [0.15, 0.2) is 24.3 Å². The molecule has 2 heteroatoms. The van der Waals surface area contributed by atoms with E-state index in [1.54, 1.807) is 0 Å². The number of hydrogen-bond donors (Lipinski definition) is 1. The van der Waals surface area contributed by atoms with E-state index in [9.17, 15) is 0 Å². The Morgan fingerprint density at radius 3 is 2.50 bits per heavy atom. The SMILES string of the molecule is CCCC(C)NC(C)c1cccc(OC(C)C)c1. The maximum absolute atomic E-state index is 5.73. The molecule has 0 spiro atoms. The van der Waals surface area contributed by atoms with Gasteiger partial charge in [0.25, 0.3) is 0 Å². The third kappa shape index (κ3) is 5.09. The molecule has 1 aromatic carbocycles. The van der Waals surface area contributed by atoms with Crippen molar-refractivity contribution in [2.75, 3.05) is 0 Å². The summed E-state index contributed by atoms with van der Waals surface area (Å²) in [5.74, 6) is 0.958. The normalized spacial score (nSPS) is 14.6. The fourth-order valence-corrected chi connectivity index (χ4v) is 2.17. The van der Waals surface area contributed by atoms with Gasteiger partial charge in [-0.3, -0.25) is 0 Å². The van der Waals surface area contributed by atoms with Crippen molar-refractivity contribution in [3.8, 4) is 5.75 Å². The third-order valence-electron chi connectivity index (χ3n) is 2.99. The summed E-state index contributed by atoms with van der Waals surface area (Å²) in [6.07, 6.45) is 2.66. The van der Waals surface area contributed by atoms with Gasteiger partial charge in [0.2, 0.25) is 0 Å². The first kappa shape index (κ1) is 15.0. The van der Waals surface area contributed by atoms with Crippen LogP contribution in [0.5, 0.6) is 5.75 Å². The third-order valence-corrected chi connectivity index (χ3v) is 2.99. The summed E-state index contributed by atoms with van der Waals surface area (Å²) in [7, 11) is 0. The maximum Gasteiger partial charge on any atom is 0.120 e. The predicted molar refractivity (Wildman–Crippen MR) is 78.1 cm³/mol. The van der Waals surface area contributed by atoms with E-state index in [0.717, 1.165) is 5.75 Å². The van der Waals surface area contributed by atoms with Crippen LogP contribution in [0.25, 0.3) is 0 Å². The van der Waals surface area contributed by atoms with E-state index in [0.29, 0.717) is 12.1 Å². The van der Waals surface area contributed by atoms with Gasteiger partial charge in [-0.15, -0.1) is 0 Å². The van der Waals surface area contributed by atoms with Crippen molar-refractivity contribution in [3.05, 3.63) is 29.8 Å². The van der Waals surface area contributed by atoms with Crippen LogP contribution in [-0.2, 0) is 0 Å². The molecule has 0 aromatic heterocycles. The minimum Gasteiger partial charge on any atom is -0.491 e. The molecule has 0 aliphatic carbocycles. The van der Waals surface area contributed by atoms with E-state index in [1.807, 2.05) is 6.07 Å². The Kier molecular flexibility index (Phi) is 6.20. The minimum atomic E-state index is 0.225. The lowest BCUT2D eigenvalue weighted by atomic mass is 10.1. The summed E-state index contributed by atoms with van der Waals surface area (Å²) < 4.78 is 5.73. The zero-order valence-corrected chi connectivity index (χ0v) is 12.4. The summed E-state index contributed by atoms with van der Waals surface area (Å²) in [6.45, 7) is 10.8. The Labute approximate surface area is 112 Å². The first-order valence-corrected chi connectivity index (χ1v) is 7.05. The van der Waals surface area contributed by atoms with E-state index in [1.165, 1.54) is 18.4 Å². The molecule has 2 unspecified atom stereocenters. The molecule has 0 amide bonds. The van der Waals surface area contributed by atoms with Crippen LogP contribution in [-0.4, -0.2) is 12.1 Å². The highest BCUT2D eigenvalue weighted by Crippen LogP contribution is 2.20. The molecule has 0 bridgehead atoms. The minimum absolute atomic E-state index is 0.225. The lowest BCUT2D eigenvalue weighted by Crippen LogP contribution is -2.28. The summed E-state index contributed by atoms with van der Waals surface area (Å²) in [5, 5.41) is 3.62. The number of rotatable bonds is 7. The molecule has 2 nitrogen and oxygen atoms in total. The predicted octanol–water partition coefficient (Wildman–Crippen LogP) is 4.31. The van der Waals surface area contributed by atoms with Gasteiger partial charge in [-0.1, -0.05) is 25.5 Å². The van der Waals surface area contributed by atoms with Crippen LogP contribution >= 0.6 is 0 Å². The number of nitrogens with one attached hydrogen (secondary N) is 1. The number of benzene rings is 1. The second-order valence-electron chi connectivity index (χ2n) is 5.32. The van der Waals surface area contributed by atoms with E-state index in [2.05, 4.69) is 58.1 Å². The summed E-state index contributed by atoms with van der Waals surface area (Å²) in [4.78, 5) is 0. The number of hydrogen-bond acceptors (Lipinski definition) is 2. The molecule has 0 heterocycles. The van der Waals surface area contributed by atoms with E-state index in [-0.39, 0.29) is 6.10 Å². The van der Waals surface area contributed by atoms with E-state index < -0.39 is 0 Å². The summed E-state index contributed by atoms with van der Waals surface area (Å²) in [5.41, 5.74) is 1.29. The monoisotopic (exact) mass is 249 g/mol. The Bertz CT molecular complexity index is 349. The Morgan fingerprint density at radius 1 is 1.17 bits per heavy atom. The highest BCUT2D eigenvalue weighted by Gasteiger charge is 2.09. The van der Waals surface area contributed by atoms with Gasteiger partial charge in [0.15, 0.2) is 0 Å². The largest absolute Gasteiger partial charge is 0.491 e. The molecule has 0 saturated carbocycles. The van der Waals surface area contributed by atoms with Crippen molar-refractivity contribution in [1.29, 1.82) is 0 Å². The molecule has 0 aliphatic heterocycles. The maximum atomic E-state index is 5.73. The Balaban J connectivity index is 2.64. The van der Waals surface area contributed by atoms with Gasteiger partial charge in [0.1, 0.15) is 5.75 Å². The van der Waals surface area contributed by atoms with Gasteiger partial charge in [-0.2, -0.15) is 0 Å². The zero-order chi connectivity index (χ0) is 13.5. The first-order valence-electron chi connectivity index (χ1n) is 7.05. The topological polar surface area (TPSA) is 21.3 Å². The molecule has 0 saturated heterocycles. The quantitative estimate of drug-likeness (QED) is 0.777. The standard InChI is InChI=1S/C16H27NO/c1-6-8-13(4)17-14(5)15-9-7-10-16(11-15)18-12(2)3/h7,9-14,17H,6,8H2,1-5H3. The van der Waals surface area contributed by atoms with Crippen molar-refractivity contribution in [1.82, 2.24) is 5.32 Å². The highest BCUT2D eigenvalue weighted by atomic mass is 16.5. The van der Waals surface area contributed by atoms with Crippen LogP contribution in [0.4, 0.5) is 0 Å². The summed E-state index contributed by atoms with van der Waals surface area (Å²) >= 11 is 0. The van der Waals surface area contributed by atoms with Crippen molar-refractivity contribution < 1.29 is 4.74 Å². The molecule has 1 rings (SSSR count). The van der Waals surface area contributed by atoms with E-state index >= 15 is 0 Å². The molecule has 2 atom stereocenters. The lowest BCUT2D eigenvalue weighted by molar-refractivity contribution is 0.242. The Hall–Kier alpha value is -1.02. The highest BCUT2D eigenvalue weighted by molar-refractivity contribution is 5.30. The molecule has 0 radical (unpaired) electrons. The molecule has 0 aliphatic rings. The van der Waals surface area contributed by atoms with Crippen LogP contribution in [0, 0.1) is 0 Å². The van der Waals surface area contributed by atoms with Gasteiger partial charge < -0.3 is 10.1 Å².